The molecule has 0 atom stereocenters. The molecule has 0 saturated heterocycles. The largest absolute Gasteiger partial charge is 0.350 e. The summed E-state index contributed by atoms with van der Waals surface area (Å²) in [6.45, 7) is 8.27. The van der Waals surface area contributed by atoms with Crippen LogP contribution in [0.15, 0.2) is 24.3 Å². The highest BCUT2D eigenvalue weighted by molar-refractivity contribution is 5.94. The molecule has 2 rings (SSSR count). The summed E-state index contributed by atoms with van der Waals surface area (Å²) in [4.78, 5) is 24.3. The van der Waals surface area contributed by atoms with Crippen molar-refractivity contribution in [2.75, 3.05) is 11.9 Å². The van der Waals surface area contributed by atoms with Gasteiger partial charge in [-0.25, -0.2) is 0 Å². The molecule has 134 valence electrons. The zero-order chi connectivity index (χ0) is 18.6. The van der Waals surface area contributed by atoms with Crippen LogP contribution in [-0.2, 0) is 11.8 Å². The van der Waals surface area contributed by atoms with Crippen LogP contribution in [0.25, 0.3) is 0 Å². The molecule has 0 saturated carbocycles. The smallest absolute Gasteiger partial charge is 0.269 e. The number of nitrogens with one attached hydrogen (secondary N) is 2. The van der Waals surface area contributed by atoms with Crippen LogP contribution in [0.5, 0.6) is 0 Å². The van der Waals surface area contributed by atoms with E-state index in [0.29, 0.717) is 5.69 Å². The van der Waals surface area contributed by atoms with Gasteiger partial charge in [0.15, 0.2) is 0 Å². The van der Waals surface area contributed by atoms with E-state index in [2.05, 4.69) is 15.7 Å². The Morgan fingerprint density at radius 1 is 1.20 bits per heavy atom. The van der Waals surface area contributed by atoms with Gasteiger partial charge in [-0.15, -0.1) is 0 Å². The molecule has 2 amide bonds. The van der Waals surface area contributed by atoms with Crippen LogP contribution in [0.3, 0.4) is 0 Å². The Morgan fingerprint density at radius 3 is 2.56 bits per heavy atom. The molecule has 0 aliphatic heterocycles. The van der Waals surface area contributed by atoms with Crippen molar-refractivity contribution in [2.24, 2.45) is 7.05 Å². The Kier molecular flexibility index (Phi) is 5.96. The fourth-order valence-electron chi connectivity index (χ4n) is 2.45. The van der Waals surface area contributed by atoms with E-state index >= 15 is 0 Å². The first-order valence-electron chi connectivity index (χ1n) is 8.47. The fourth-order valence-corrected chi connectivity index (χ4v) is 2.45. The number of rotatable bonds is 6. The SMILES string of the molecule is Cc1ccc(C)c(NC(=O)CCNC(=O)c2cc(C(C)C)nn2C)c1. The quantitative estimate of drug-likeness (QED) is 0.847. The maximum Gasteiger partial charge on any atom is 0.269 e. The average Bonchev–Trinajstić information content (AvgIpc) is 2.93. The van der Waals surface area contributed by atoms with Crippen LogP contribution in [0, 0.1) is 13.8 Å². The molecule has 0 unspecified atom stereocenters. The molecule has 0 aliphatic rings. The van der Waals surface area contributed by atoms with Crippen molar-refractivity contribution in [1.82, 2.24) is 15.1 Å². The van der Waals surface area contributed by atoms with Gasteiger partial charge < -0.3 is 10.6 Å². The number of aromatic nitrogens is 2. The third kappa shape index (κ3) is 4.92. The molecule has 0 aliphatic carbocycles. The van der Waals surface area contributed by atoms with Crippen LogP contribution >= 0.6 is 0 Å². The normalized spacial score (nSPS) is 10.8. The molecule has 6 heteroatoms. The number of nitrogens with zero attached hydrogens (tertiary/aromatic N) is 2. The van der Waals surface area contributed by atoms with Gasteiger partial charge in [-0.05, 0) is 43.0 Å². The summed E-state index contributed by atoms with van der Waals surface area (Å²) in [5.74, 6) is -0.0839. The molecule has 0 spiro atoms. The van der Waals surface area contributed by atoms with E-state index in [1.807, 2.05) is 45.9 Å². The molecule has 6 nitrogen and oxygen atoms in total. The van der Waals surface area contributed by atoms with Crippen LogP contribution < -0.4 is 10.6 Å². The molecule has 1 aromatic heterocycles. The molecule has 0 bridgehead atoms. The van der Waals surface area contributed by atoms with Crippen molar-refractivity contribution >= 4 is 17.5 Å². The first-order valence-corrected chi connectivity index (χ1v) is 8.47. The summed E-state index contributed by atoms with van der Waals surface area (Å²) in [6, 6.07) is 7.71. The van der Waals surface area contributed by atoms with Gasteiger partial charge in [0.1, 0.15) is 5.69 Å². The number of hydrogen-bond donors (Lipinski definition) is 2. The number of carbonyl (C=O) groups is 2. The lowest BCUT2D eigenvalue weighted by Gasteiger charge is -2.10. The predicted molar refractivity (Wildman–Crippen MR) is 98.8 cm³/mol. The van der Waals surface area contributed by atoms with Crippen LogP contribution in [0.4, 0.5) is 5.69 Å². The van der Waals surface area contributed by atoms with Gasteiger partial charge in [0.25, 0.3) is 5.91 Å². The average molecular weight is 342 g/mol. The number of amides is 2. The van der Waals surface area contributed by atoms with Crippen LogP contribution in [0.1, 0.15) is 53.5 Å². The van der Waals surface area contributed by atoms with E-state index in [9.17, 15) is 9.59 Å². The second-order valence-corrected chi connectivity index (χ2v) is 6.61. The van der Waals surface area contributed by atoms with E-state index in [1.54, 1.807) is 17.8 Å². The minimum atomic E-state index is -0.221. The first kappa shape index (κ1) is 18.7. The minimum Gasteiger partial charge on any atom is -0.350 e. The third-order valence-electron chi connectivity index (χ3n) is 4.03. The highest BCUT2D eigenvalue weighted by atomic mass is 16.2. The second kappa shape index (κ2) is 7.96. The lowest BCUT2D eigenvalue weighted by molar-refractivity contribution is -0.116. The summed E-state index contributed by atoms with van der Waals surface area (Å²) >= 11 is 0. The van der Waals surface area contributed by atoms with Gasteiger partial charge in [0.05, 0.1) is 5.69 Å². The van der Waals surface area contributed by atoms with Crippen molar-refractivity contribution in [3.8, 4) is 0 Å². The topological polar surface area (TPSA) is 76.0 Å². The van der Waals surface area contributed by atoms with Crippen molar-refractivity contribution in [1.29, 1.82) is 0 Å². The van der Waals surface area contributed by atoms with Gasteiger partial charge in [-0.1, -0.05) is 26.0 Å². The Labute approximate surface area is 148 Å². The van der Waals surface area contributed by atoms with Crippen molar-refractivity contribution in [3.63, 3.8) is 0 Å². The molecule has 2 N–H and O–H groups in total. The van der Waals surface area contributed by atoms with Crippen molar-refractivity contribution < 1.29 is 9.59 Å². The van der Waals surface area contributed by atoms with Gasteiger partial charge in [-0.3, -0.25) is 14.3 Å². The molecule has 1 aromatic carbocycles. The second-order valence-electron chi connectivity index (χ2n) is 6.61. The first-order chi connectivity index (χ1) is 11.8. The van der Waals surface area contributed by atoms with E-state index < -0.39 is 0 Å². The van der Waals surface area contributed by atoms with E-state index in [1.165, 1.54) is 0 Å². The Balaban J connectivity index is 1.86. The molecular weight excluding hydrogens is 316 g/mol. The summed E-state index contributed by atoms with van der Waals surface area (Å²) < 4.78 is 1.57. The zero-order valence-corrected chi connectivity index (χ0v) is 15.5. The van der Waals surface area contributed by atoms with Gasteiger partial charge in [0.2, 0.25) is 5.91 Å². The van der Waals surface area contributed by atoms with E-state index in [0.717, 1.165) is 22.5 Å². The fraction of sp³-hybridized carbons (Fsp3) is 0.421. The van der Waals surface area contributed by atoms with E-state index in [-0.39, 0.29) is 30.7 Å². The highest BCUT2D eigenvalue weighted by Gasteiger charge is 2.15. The summed E-state index contributed by atoms with van der Waals surface area (Å²) in [5, 5.41) is 9.99. The van der Waals surface area contributed by atoms with Crippen LogP contribution in [-0.4, -0.2) is 28.1 Å². The summed E-state index contributed by atoms with van der Waals surface area (Å²) in [6.07, 6.45) is 0.216. The third-order valence-corrected chi connectivity index (χ3v) is 4.03. The molecule has 0 fully saturated rings. The zero-order valence-electron chi connectivity index (χ0n) is 15.5. The molecular formula is C19H26N4O2. The predicted octanol–water partition coefficient (Wildman–Crippen LogP) is 2.92. The number of benzene rings is 1. The number of hydrogen-bond acceptors (Lipinski definition) is 3. The Morgan fingerprint density at radius 2 is 1.92 bits per heavy atom. The summed E-state index contributed by atoms with van der Waals surface area (Å²) in [7, 11) is 1.74. The van der Waals surface area contributed by atoms with Crippen LogP contribution in [0.2, 0.25) is 0 Å². The van der Waals surface area contributed by atoms with Gasteiger partial charge in [0, 0.05) is 25.7 Å². The highest BCUT2D eigenvalue weighted by Crippen LogP contribution is 2.16. The van der Waals surface area contributed by atoms with Crippen molar-refractivity contribution in [2.45, 2.75) is 40.0 Å². The minimum absolute atomic E-state index is 0.123. The molecule has 1 heterocycles. The molecule has 25 heavy (non-hydrogen) atoms. The van der Waals surface area contributed by atoms with Gasteiger partial charge >= 0.3 is 0 Å². The number of anilines is 1. The van der Waals surface area contributed by atoms with Crippen molar-refractivity contribution in [3.05, 3.63) is 46.8 Å². The molecule has 0 radical (unpaired) electrons. The van der Waals surface area contributed by atoms with E-state index in [4.69, 9.17) is 0 Å². The lowest BCUT2D eigenvalue weighted by atomic mass is 10.1. The standard InChI is InChI=1S/C19H26N4O2/c1-12(2)15-11-17(23(5)22-15)19(25)20-9-8-18(24)21-16-10-13(3)6-7-14(16)4/h6-7,10-12H,8-9H2,1-5H3,(H,20,25)(H,21,24). The maximum atomic E-state index is 12.2. The Bertz CT molecular complexity index is 778. The number of carbonyl (C=O) groups excluding carboxylic acids is 2. The monoisotopic (exact) mass is 342 g/mol. The van der Waals surface area contributed by atoms with Gasteiger partial charge in [-0.2, -0.15) is 5.10 Å². The molecule has 2 aromatic rings. The lowest BCUT2D eigenvalue weighted by Crippen LogP contribution is -2.29. The summed E-state index contributed by atoms with van der Waals surface area (Å²) in [5.41, 5.74) is 4.29. The maximum absolute atomic E-state index is 12.2. The Hall–Kier alpha value is -2.63. The number of aryl methyl sites for hydroxylation is 3.